The van der Waals surface area contributed by atoms with Crippen molar-refractivity contribution >= 4 is 17.1 Å². The molecule has 3 N–H and O–H groups in total. The number of halogens is 2. The highest BCUT2D eigenvalue weighted by Gasteiger charge is 2.07. The van der Waals surface area contributed by atoms with Crippen LogP contribution < -0.4 is 11.1 Å². The van der Waals surface area contributed by atoms with Gasteiger partial charge in [-0.1, -0.05) is 0 Å². The summed E-state index contributed by atoms with van der Waals surface area (Å²) >= 11 is 0. The first-order chi connectivity index (χ1) is 8.06. The summed E-state index contributed by atoms with van der Waals surface area (Å²) in [5.41, 5.74) is 6.54. The highest BCUT2D eigenvalue weighted by atomic mass is 19.1. The lowest BCUT2D eigenvalue weighted by Crippen LogP contribution is -1.99. The molecule has 1 aromatic carbocycles. The number of nitrogens with zero attached hydrogens (tertiary/aromatic N) is 1. The molecule has 88 valence electrons. The molecular weight excluding hydrogens is 224 g/mol. The van der Waals surface area contributed by atoms with Gasteiger partial charge in [-0.3, -0.25) is 4.98 Å². The van der Waals surface area contributed by atoms with Crippen LogP contribution in [0.2, 0.25) is 0 Å². The summed E-state index contributed by atoms with van der Waals surface area (Å²) in [4.78, 5) is 4.02. The van der Waals surface area contributed by atoms with Gasteiger partial charge in [0.25, 0.3) is 0 Å². The van der Waals surface area contributed by atoms with Crippen LogP contribution in [0, 0.1) is 18.6 Å². The van der Waals surface area contributed by atoms with E-state index in [2.05, 4.69) is 10.3 Å². The van der Waals surface area contributed by atoms with Crippen molar-refractivity contribution < 1.29 is 8.78 Å². The fraction of sp³-hybridized carbons (Fsp3) is 0.0833. The number of hydrogen-bond donors (Lipinski definition) is 2. The quantitative estimate of drug-likeness (QED) is 0.787. The number of nitrogens with two attached hydrogens (primary N) is 1. The number of nitrogen functional groups attached to an aromatic ring is 1. The lowest BCUT2D eigenvalue weighted by molar-refractivity contribution is 0.593. The first-order valence-electron chi connectivity index (χ1n) is 5.00. The fourth-order valence-corrected chi connectivity index (χ4v) is 1.45. The molecule has 1 heterocycles. The van der Waals surface area contributed by atoms with Gasteiger partial charge in [-0.05, 0) is 31.2 Å². The van der Waals surface area contributed by atoms with Gasteiger partial charge in [0, 0.05) is 23.3 Å². The predicted molar refractivity (Wildman–Crippen MR) is 63.0 cm³/mol. The molecule has 3 nitrogen and oxygen atoms in total. The zero-order valence-electron chi connectivity index (χ0n) is 9.17. The maximum atomic E-state index is 13.2. The van der Waals surface area contributed by atoms with E-state index >= 15 is 0 Å². The van der Waals surface area contributed by atoms with Gasteiger partial charge in [-0.2, -0.15) is 0 Å². The first kappa shape index (κ1) is 11.3. The Balaban J connectivity index is 2.31. The summed E-state index contributed by atoms with van der Waals surface area (Å²) in [5.74, 6) is -1.56. The van der Waals surface area contributed by atoms with E-state index in [1.807, 2.05) is 6.92 Å². The van der Waals surface area contributed by atoms with Crippen LogP contribution in [0.1, 0.15) is 5.69 Å². The first-order valence-corrected chi connectivity index (χ1v) is 5.00. The molecule has 2 aromatic rings. The molecular formula is C12H11F2N3. The molecule has 0 spiro atoms. The van der Waals surface area contributed by atoms with Gasteiger partial charge in [0.15, 0.2) is 11.6 Å². The Labute approximate surface area is 97.3 Å². The predicted octanol–water partition coefficient (Wildman–Crippen LogP) is 2.99. The SMILES string of the molecule is Cc1cc(Nc2cc(F)c(N)c(F)c2)ccn1. The summed E-state index contributed by atoms with van der Waals surface area (Å²) in [6.45, 7) is 1.83. The molecule has 0 unspecified atom stereocenters. The number of hydrogen-bond acceptors (Lipinski definition) is 3. The number of aromatic nitrogens is 1. The van der Waals surface area contributed by atoms with Gasteiger partial charge >= 0.3 is 0 Å². The molecule has 0 radical (unpaired) electrons. The van der Waals surface area contributed by atoms with Crippen LogP contribution in [0.25, 0.3) is 0 Å². The summed E-state index contributed by atoms with van der Waals surface area (Å²) in [6.07, 6.45) is 1.61. The Morgan fingerprint density at radius 1 is 1.12 bits per heavy atom. The van der Waals surface area contributed by atoms with Crippen LogP contribution >= 0.6 is 0 Å². The molecule has 0 saturated carbocycles. The van der Waals surface area contributed by atoms with E-state index in [0.717, 1.165) is 17.8 Å². The average Bonchev–Trinajstić information content (AvgIpc) is 2.26. The van der Waals surface area contributed by atoms with E-state index < -0.39 is 17.3 Å². The highest BCUT2D eigenvalue weighted by Crippen LogP contribution is 2.23. The standard InChI is InChI=1S/C12H11F2N3/c1-7-4-8(2-3-16-7)17-9-5-10(13)12(15)11(14)6-9/h2-6H,15H2,1H3,(H,16,17). The van der Waals surface area contributed by atoms with Crippen molar-refractivity contribution in [2.24, 2.45) is 0 Å². The third-order valence-corrected chi connectivity index (χ3v) is 2.26. The summed E-state index contributed by atoms with van der Waals surface area (Å²) in [7, 11) is 0. The Bertz CT molecular complexity index is 532. The summed E-state index contributed by atoms with van der Waals surface area (Å²) in [6, 6.07) is 5.77. The Hall–Kier alpha value is -2.17. The van der Waals surface area contributed by atoms with Gasteiger partial charge in [-0.15, -0.1) is 0 Å². The van der Waals surface area contributed by atoms with Crippen LogP contribution in [0.3, 0.4) is 0 Å². The van der Waals surface area contributed by atoms with E-state index in [0.29, 0.717) is 11.4 Å². The lowest BCUT2D eigenvalue weighted by Gasteiger charge is -2.08. The van der Waals surface area contributed by atoms with Crippen molar-refractivity contribution in [3.8, 4) is 0 Å². The fourth-order valence-electron chi connectivity index (χ4n) is 1.45. The second-order valence-electron chi connectivity index (χ2n) is 3.66. The van der Waals surface area contributed by atoms with Gasteiger partial charge < -0.3 is 11.1 Å². The number of pyridine rings is 1. The van der Waals surface area contributed by atoms with Crippen molar-refractivity contribution in [3.05, 3.63) is 47.8 Å². The number of nitrogens with one attached hydrogen (secondary N) is 1. The maximum Gasteiger partial charge on any atom is 0.151 e. The van der Waals surface area contributed by atoms with Gasteiger partial charge in [-0.25, -0.2) is 8.78 Å². The molecule has 0 amide bonds. The zero-order valence-corrected chi connectivity index (χ0v) is 9.17. The van der Waals surface area contributed by atoms with Crippen molar-refractivity contribution in [3.63, 3.8) is 0 Å². The van der Waals surface area contributed by atoms with E-state index in [4.69, 9.17) is 5.73 Å². The topological polar surface area (TPSA) is 50.9 Å². The molecule has 5 heteroatoms. The minimum absolute atomic E-state index is 0.305. The van der Waals surface area contributed by atoms with E-state index in [1.54, 1.807) is 18.3 Å². The Morgan fingerprint density at radius 2 is 1.76 bits per heavy atom. The molecule has 0 fully saturated rings. The number of aryl methyl sites for hydroxylation is 1. The highest BCUT2D eigenvalue weighted by molar-refractivity contribution is 5.62. The van der Waals surface area contributed by atoms with Crippen LogP contribution in [-0.4, -0.2) is 4.98 Å². The lowest BCUT2D eigenvalue weighted by atomic mass is 10.2. The minimum Gasteiger partial charge on any atom is -0.394 e. The van der Waals surface area contributed by atoms with Crippen molar-refractivity contribution in [1.82, 2.24) is 4.98 Å². The Kier molecular flexibility index (Phi) is 2.91. The van der Waals surface area contributed by atoms with E-state index in [-0.39, 0.29) is 0 Å². The zero-order chi connectivity index (χ0) is 12.4. The van der Waals surface area contributed by atoms with Crippen molar-refractivity contribution in [2.45, 2.75) is 6.92 Å². The van der Waals surface area contributed by atoms with Crippen LogP contribution in [0.15, 0.2) is 30.5 Å². The molecule has 2 rings (SSSR count). The molecule has 0 aliphatic rings. The van der Waals surface area contributed by atoms with Crippen molar-refractivity contribution in [1.29, 1.82) is 0 Å². The third kappa shape index (κ3) is 2.50. The number of benzene rings is 1. The van der Waals surface area contributed by atoms with E-state index in [1.165, 1.54) is 0 Å². The largest absolute Gasteiger partial charge is 0.394 e. The van der Waals surface area contributed by atoms with Crippen LogP contribution in [-0.2, 0) is 0 Å². The smallest absolute Gasteiger partial charge is 0.151 e. The monoisotopic (exact) mass is 235 g/mol. The molecule has 1 aromatic heterocycles. The normalized spacial score (nSPS) is 10.3. The second-order valence-corrected chi connectivity index (χ2v) is 3.66. The van der Waals surface area contributed by atoms with Gasteiger partial charge in [0.1, 0.15) is 5.69 Å². The van der Waals surface area contributed by atoms with E-state index in [9.17, 15) is 8.78 Å². The molecule has 0 aliphatic carbocycles. The number of rotatable bonds is 2. The summed E-state index contributed by atoms with van der Waals surface area (Å²) in [5, 5.41) is 2.88. The third-order valence-electron chi connectivity index (χ3n) is 2.26. The molecule has 0 saturated heterocycles. The average molecular weight is 235 g/mol. The van der Waals surface area contributed by atoms with Gasteiger partial charge in [0.05, 0.1) is 0 Å². The van der Waals surface area contributed by atoms with Gasteiger partial charge in [0.2, 0.25) is 0 Å². The molecule has 0 atom stereocenters. The molecule has 0 bridgehead atoms. The minimum atomic E-state index is -0.779. The molecule has 0 aliphatic heterocycles. The number of anilines is 3. The van der Waals surface area contributed by atoms with Crippen molar-refractivity contribution in [2.75, 3.05) is 11.1 Å². The molecule has 17 heavy (non-hydrogen) atoms. The van der Waals surface area contributed by atoms with Crippen LogP contribution in [0.4, 0.5) is 25.8 Å². The Morgan fingerprint density at radius 3 is 2.35 bits per heavy atom. The maximum absolute atomic E-state index is 13.2. The summed E-state index contributed by atoms with van der Waals surface area (Å²) < 4.78 is 26.4. The van der Waals surface area contributed by atoms with Crippen LogP contribution in [0.5, 0.6) is 0 Å². The second kappa shape index (κ2) is 4.37.